The highest BCUT2D eigenvalue weighted by Gasteiger charge is 2.07. The van der Waals surface area contributed by atoms with E-state index >= 15 is 0 Å². The molecule has 0 amide bonds. The molecule has 0 aliphatic rings. The van der Waals surface area contributed by atoms with Gasteiger partial charge in [0.1, 0.15) is 17.5 Å². The molecule has 0 atom stereocenters. The van der Waals surface area contributed by atoms with Crippen LogP contribution in [0.4, 0.5) is 21.7 Å². The van der Waals surface area contributed by atoms with E-state index < -0.39 is 0 Å². The number of aromatic nitrogens is 3. The summed E-state index contributed by atoms with van der Waals surface area (Å²) in [6.45, 7) is 0.290. The number of anilines is 3. The maximum Gasteiger partial charge on any atom is 0.318 e. The fourth-order valence-electron chi connectivity index (χ4n) is 2.27. The molecule has 26 heavy (non-hydrogen) atoms. The lowest BCUT2D eigenvalue weighted by atomic mass is 10.2. The second-order valence-electron chi connectivity index (χ2n) is 5.30. The number of nitrogens with zero attached hydrogens (tertiary/aromatic N) is 3. The summed E-state index contributed by atoms with van der Waals surface area (Å²) in [7, 11) is 1.49. The highest BCUT2D eigenvalue weighted by molar-refractivity contribution is 5.86. The van der Waals surface area contributed by atoms with Gasteiger partial charge in [-0.2, -0.15) is 4.98 Å². The van der Waals surface area contributed by atoms with Gasteiger partial charge in [-0.3, -0.25) is 0 Å². The first-order valence-corrected chi connectivity index (χ1v) is 7.81. The molecule has 0 radical (unpaired) electrons. The number of halogens is 1. The van der Waals surface area contributed by atoms with Crippen LogP contribution >= 0.6 is 0 Å². The number of pyridine rings is 1. The van der Waals surface area contributed by atoms with Gasteiger partial charge < -0.3 is 20.8 Å². The van der Waals surface area contributed by atoms with Gasteiger partial charge in [0.25, 0.3) is 0 Å². The van der Waals surface area contributed by atoms with Crippen molar-refractivity contribution in [2.24, 2.45) is 0 Å². The van der Waals surface area contributed by atoms with Crippen molar-refractivity contribution in [1.29, 1.82) is 5.41 Å². The Hall–Kier alpha value is -3.55. The number of hydrogen-bond acceptors (Lipinski definition) is 7. The third-order valence-corrected chi connectivity index (χ3v) is 3.59. The van der Waals surface area contributed by atoms with E-state index in [9.17, 15) is 4.39 Å². The van der Waals surface area contributed by atoms with Crippen LogP contribution in [-0.4, -0.2) is 28.3 Å². The molecule has 0 saturated carbocycles. The van der Waals surface area contributed by atoms with Crippen molar-refractivity contribution in [3.63, 3.8) is 0 Å². The Morgan fingerprint density at radius 1 is 1.23 bits per heavy atom. The molecule has 8 heteroatoms. The lowest BCUT2D eigenvalue weighted by Crippen LogP contribution is -2.06. The standard InChI is InChI=1S/C18H17FN6O.H2/c1-26-18-21-7-6-16(25-18)24-17-8-15(13(9-20)11-23-17)22-10-12-4-2-3-5-14(12)19;/h2-9,11,20H,10H2,1H3,(H2,21,22,23,24,25);1H. The molecule has 7 nitrogen and oxygen atoms in total. The molecular formula is C18H19FN6O. The number of rotatable bonds is 7. The van der Waals surface area contributed by atoms with E-state index in [-0.39, 0.29) is 19.8 Å². The Balaban J connectivity index is 0.00000261. The molecule has 0 aliphatic carbocycles. The van der Waals surface area contributed by atoms with E-state index in [0.29, 0.717) is 28.5 Å². The molecular weight excluding hydrogens is 335 g/mol. The quantitative estimate of drug-likeness (QED) is 0.561. The molecule has 3 aromatic rings. The minimum atomic E-state index is -0.281. The van der Waals surface area contributed by atoms with Crippen LogP contribution in [0.1, 0.15) is 12.6 Å². The van der Waals surface area contributed by atoms with E-state index in [0.717, 1.165) is 0 Å². The highest BCUT2D eigenvalue weighted by atomic mass is 19.1. The molecule has 2 aromatic heterocycles. The largest absolute Gasteiger partial charge is 0.467 e. The van der Waals surface area contributed by atoms with E-state index in [1.807, 2.05) is 0 Å². The highest BCUT2D eigenvalue weighted by Crippen LogP contribution is 2.21. The number of hydrogen-bond donors (Lipinski definition) is 3. The van der Waals surface area contributed by atoms with Gasteiger partial charge in [0.05, 0.1) is 7.11 Å². The Morgan fingerprint density at radius 3 is 2.85 bits per heavy atom. The van der Waals surface area contributed by atoms with Gasteiger partial charge in [-0.15, -0.1) is 0 Å². The first-order chi connectivity index (χ1) is 12.7. The summed E-state index contributed by atoms with van der Waals surface area (Å²) in [5, 5.41) is 13.7. The zero-order valence-electron chi connectivity index (χ0n) is 14.0. The summed E-state index contributed by atoms with van der Waals surface area (Å²) >= 11 is 0. The van der Waals surface area contributed by atoms with Crippen molar-refractivity contribution in [2.45, 2.75) is 6.54 Å². The Morgan fingerprint density at radius 2 is 2.08 bits per heavy atom. The SMILES string of the molecule is COc1nccc(Nc2cc(NCc3ccccc3F)c(C=N)cn2)n1.[HH]. The molecule has 0 fully saturated rings. The third-order valence-electron chi connectivity index (χ3n) is 3.59. The minimum absolute atomic E-state index is 0. The normalized spacial score (nSPS) is 10.2. The van der Waals surface area contributed by atoms with Crippen LogP contribution in [-0.2, 0) is 6.54 Å². The lowest BCUT2D eigenvalue weighted by molar-refractivity contribution is 0.380. The monoisotopic (exact) mass is 354 g/mol. The topological polar surface area (TPSA) is 95.8 Å². The van der Waals surface area contributed by atoms with Crippen molar-refractivity contribution in [3.05, 3.63) is 65.7 Å². The summed E-state index contributed by atoms with van der Waals surface area (Å²) in [6.07, 6.45) is 4.31. The van der Waals surface area contributed by atoms with Crippen LogP contribution in [0.5, 0.6) is 6.01 Å². The number of benzene rings is 1. The average Bonchev–Trinajstić information content (AvgIpc) is 2.67. The van der Waals surface area contributed by atoms with E-state index in [1.165, 1.54) is 19.4 Å². The predicted octanol–water partition coefficient (Wildman–Crippen LogP) is 3.62. The van der Waals surface area contributed by atoms with Gasteiger partial charge in [0.15, 0.2) is 0 Å². The second-order valence-corrected chi connectivity index (χ2v) is 5.30. The van der Waals surface area contributed by atoms with Gasteiger partial charge in [0.2, 0.25) is 0 Å². The number of methoxy groups -OCH3 is 1. The Kier molecular flexibility index (Phi) is 5.33. The first-order valence-electron chi connectivity index (χ1n) is 7.81. The van der Waals surface area contributed by atoms with Crippen LogP contribution in [0.25, 0.3) is 0 Å². The van der Waals surface area contributed by atoms with Crippen molar-refractivity contribution in [3.8, 4) is 6.01 Å². The van der Waals surface area contributed by atoms with Crippen molar-refractivity contribution in [1.82, 2.24) is 15.0 Å². The Bertz CT molecular complexity index is 924. The van der Waals surface area contributed by atoms with Crippen LogP contribution in [0.3, 0.4) is 0 Å². The van der Waals surface area contributed by atoms with E-state index in [4.69, 9.17) is 10.1 Å². The smallest absolute Gasteiger partial charge is 0.318 e. The molecule has 134 valence electrons. The molecule has 0 saturated heterocycles. The predicted molar refractivity (Wildman–Crippen MR) is 99.8 cm³/mol. The fraction of sp³-hybridized carbons (Fsp3) is 0.111. The molecule has 0 bridgehead atoms. The van der Waals surface area contributed by atoms with Crippen molar-refractivity contribution < 1.29 is 10.6 Å². The number of ether oxygens (including phenoxy) is 1. The minimum Gasteiger partial charge on any atom is -0.467 e. The molecule has 3 N–H and O–H groups in total. The zero-order chi connectivity index (χ0) is 18.4. The van der Waals surface area contributed by atoms with Crippen LogP contribution in [0.2, 0.25) is 0 Å². The molecule has 2 heterocycles. The van der Waals surface area contributed by atoms with Gasteiger partial charge in [-0.1, -0.05) is 18.2 Å². The molecule has 0 unspecified atom stereocenters. The van der Waals surface area contributed by atoms with Crippen molar-refractivity contribution >= 4 is 23.5 Å². The van der Waals surface area contributed by atoms with Gasteiger partial charge in [0, 0.05) is 49.5 Å². The summed E-state index contributed by atoms with van der Waals surface area (Å²) in [5.41, 5.74) is 1.78. The fourth-order valence-corrected chi connectivity index (χ4v) is 2.27. The van der Waals surface area contributed by atoms with Gasteiger partial charge in [-0.05, 0) is 12.1 Å². The third kappa shape index (κ3) is 4.10. The zero-order valence-corrected chi connectivity index (χ0v) is 14.0. The van der Waals surface area contributed by atoms with Crippen molar-refractivity contribution in [2.75, 3.05) is 17.7 Å². The summed E-state index contributed by atoms with van der Waals surface area (Å²) in [5.74, 6) is 0.760. The summed E-state index contributed by atoms with van der Waals surface area (Å²) in [4.78, 5) is 12.4. The molecule has 0 aliphatic heterocycles. The maximum absolute atomic E-state index is 13.8. The summed E-state index contributed by atoms with van der Waals surface area (Å²) in [6, 6.07) is 10.2. The Labute approximate surface area is 151 Å². The average molecular weight is 354 g/mol. The van der Waals surface area contributed by atoms with E-state index in [2.05, 4.69) is 25.6 Å². The molecule has 1 aromatic carbocycles. The summed E-state index contributed by atoms with van der Waals surface area (Å²) < 4.78 is 18.8. The molecule has 3 rings (SSSR count). The van der Waals surface area contributed by atoms with E-state index in [1.54, 1.807) is 42.7 Å². The van der Waals surface area contributed by atoms with Crippen LogP contribution in [0, 0.1) is 11.2 Å². The number of nitrogens with one attached hydrogen (secondary N) is 3. The van der Waals surface area contributed by atoms with Gasteiger partial charge >= 0.3 is 6.01 Å². The van der Waals surface area contributed by atoms with Gasteiger partial charge in [-0.25, -0.2) is 14.4 Å². The van der Waals surface area contributed by atoms with Crippen LogP contribution < -0.4 is 15.4 Å². The second kappa shape index (κ2) is 8.02. The molecule has 0 spiro atoms. The first kappa shape index (κ1) is 17.3. The maximum atomic E-state index is 13.8. The van der Waals surface area contributed by atoms with Crippen LogP contribution in [0.15, 0.2) is 48.8 Å². The lowest BCUT2D eigenvalue weighted by Gasteiger charge is -2.12.